The quantitative estimate of drug-likeness (QED) is 0.382. The number of rotatable bonds is 11. The highest BCUT2D eigenvalue weighted by molar-refractivity contribution is 5.68. The van der Waals surface area contributed by atoms with Crippen molar-refractivity contribution in [3.63, 3.8) is 0 Å². The van der Waals surface area contributed by atoms with E-state index in [4.69, 9.17) is 19.0 Å². The molecule has 0 aromatic heterocycles. The van der Waals surface area contributed by atoms with Gasteiger partial charge in [0.25, 0.3) is 0 Å². The Morgan fingerprint density at radius 3 is 2.55 bits per heavy atom. The minimum absolute atomic E-state index is 0.0406. The molecule has 2 saturated heterocycles. The molecule has 3 N–H and O–H groups in total. The Morgan fingerprint density at radius 1 is 1.03 bits per heavy atom. The molecule has 1 amide bonds. The molecule has 2 heterocycles. The number of amides is 1. The fourth-order valence-electron chi connectivity index (χ4n) is 5.51. The fourth-order valence-corrected chi connectivity index (χ4v) is 5.51. The average molecular weight is 527 g/mol. The molecule has 9 nitrogen and oxygen atoms in total. The Kier molecular flexibility index (Phi) is 9.14. The van der Waals surface area contributed by atoms with Crippen molar-refractivity contribution in [3.05, 3.63) is 65.7 Å². The van der Waals surface area contributed by atoms with Crippen LogP contribution in [0.4, 0.5) is 4.79 Å². The minimum Gasteiger partial charge on any atom is -0.508 e. The van der Waals surface area contributed by atoms with Crippen LogP contribution in [0.2, 0.25) is 0 Å². The Bertz CT molecular complexity index is 1020. The van der Waals surface area contributed by atoms with E-state index in [-0.39, 0.29) is 36.7 Å². The van der Waals surface area contributed by atoms with Crippen molar-refractivity contribution in [2.75, 3.05) is 19.8 Å². The van der Waals surface area contributed by atoms with E-state index in [0.717, 1.165) is 43.2 Å². The number of aliphatic hydroxyl groups excluding tert-OH is 1. The number of benzene rings is 2. The molecule has 0 spiro atoms. The SMILES string of the molecule is O=C(NC(Cc1ccccc1)C(O)CN(Cc1ccc(O)cc1)OC1CCCC1)OC1COC2OCCC12. The molecule has 5 rings (SSSR count). The van der Waals surface area contributed by atoms with Gasteiger partial charge in [-0.3, -0.25) is 4.84 Å². The summed E-state index contributed by atoms with van der Waals surface area (Å²) in [7, 11) is 0. The van der Waals surface area contributed by atoms with Crippen molar-refractivity contribution in [1.29, 1.82) is 0 Å². The zero-order chi connectivity index (χ0) is 26.3. The summed E-state index contributed by atoms with van der Waals surface area (Å²) in [6, 6.07) is 16.1. The van der Waals surface area contributed by atoms with Crippen molar-refractivity contribution >= 4 is 6.09 Å². The number of aromatic hydroxyl groups is 1. The van der Waals surface area contributed by atoms with Crippen molar-refractivity contribution in [2.24, 2.45) is 5.92 Å². The third-order valence-corrected chi connectivity index (χ3v) is 7.60. The van der Waals surface area contributed by atoms with Crippen LogP contribution in [0.25, 0.3) is 0 Å². The van der Waals surface area contributed by atoms with Gasteiger partial charge in [-0.2, -0.15) is 5.06 Å². The molecule has 9 heteroatoms. The highest BCUT2D eigenvalue weighted by Crippen LogP contribution is 2.33. The first-order valence-electron chi connectivity index (χ1n) is 13.7. The summed E-state index contributed by atoms with van der Waals surface area (Å²) in [6.07, 6.45) is 3.38. The molecular weight excluding hydrogens is 488 g/mol. The van der Waals surface area contributed by atoms with E-state index in [1.54, 1.807) is 17.2 Å². The number of carbonyl (C=O) groups excluding carboxylic acids is 1. The fraction of sp³-hybridized carbons (Fsp3) is 0.552. The van der Waals surface area contributed by atoms with Gasteiger partial charge in [0.1, 0.15) is 11.9 Å². The molecule has 1 aliphatic carbocycles. The normalized spacial score (nSPS) is 24.8. The lowest BCUT2D eigenvalue weighted by Crippen LogP contribution is -2.50. The van der Waals surface area contributed by atoms with E-state index in [0.29, 0.717) is 26.2 Å². The van der Waals surface area contributed by atoms with Gasteiger partial charge in [0.15, 0.2) is 6.29 Å². The van der Waals surface area contributed by atoms with Gasteiger partial charge < -0.3 is 29.7 Å². The van der Waals surface area contributed by atoms with E-state index in [9.17, 15) is 15.0 Å². The highest BCUT2D eigenvalue weighted by atomic mass is 16.7. The Labute approximate surface area is 223 Å². The molecule has 5 atom stereocenters. The van der Waals surface area contributed by atoms with Crippen LogP contribution < -0.4 is 5.32 Å². The number of fused-ring (bicyclic) bond motifs is 1. The van der Waals surface area contributed by atoms with E-state index in [2.05, 4.69) is 5.32 Å². The van der Waals surface area contributed by atoms with Gasteiger partial charge in [0, 0.05) is 6.54 Å². The minimum atomic E-state index is -0.927. The first-order chi connectivity index (χ1) is 18.5. The number of nitrogens with zero attached hydrogens (tertiary/aromatic N) is 1. The predicted molar refractivity (Wildman–Crippen MR) is 139 cm³/mol. The maximum absolute atomic E-state index is 13.0. The average Bonchev–Trinajstić information content (AvgIpc) is 3.66. The zero-order valence-electron chi connectivity index (χ0n) is 21.6. The van der Waals surface area contributed by atoms with Crippen LogP contribution in [-0.2, 0) is 32.0 Å². The predicted octanol–water partition coefficient (Wildman–Crippen LogP) is 3.53. The number of hydrogen-bond donors (Lipinski definition) is 3. The Hall–Kier alpha value is -2.69. The van der Waals surface area contributed by atoms with Gasteiger partial charge in [-0.15, -0.1) is 0 Å². The Morgan fingerprint density at radius 2 is 1.79 bits per heavy atom. The van der Waals surface area contributed by atoms with Gasteiger partial charge in [-0.05, 0) is 48.9 Å². The lowest BCUT2D eigenvalue weighted by molar-refractivity contribution is -0.214. The van der Waals surface area contributed by atoms with Gasteiger partial charge in [-0.25, -0.2) is 4.79 Å². The number of alkyl carbamates (subject to hydrolysis) is 1. The Balaban J connectivity index is 1.26. The van der Waals surface area contributed by atoms with E-state index >= 15 is 0 Å². The van der Waals surface area contributed by atoms with Gasteiger partial charge in [0.2, 0.25) is 0 Å². The molecular formula is C29H38N2O7. The smallest absolute Gasteiger partial charge is 0.407 e. The van der Waals surface area contributed by atoms with Crippen LogP contribution in [0.5, 0.6) is 5.75 Å². The molecule has 5 unspecified atom stereocenters. The van der Waals surface area contributed by atoms with Crippen molar-refractivity contribution in [3.8, 4) is 5.75 Å². The molecule has 2 aromatic carbocycles. The number of carbonyl (C=O) groups is 1. The summed E-state index contributed by atoms with van der Waals surface area (Å²) in [5.74, 6) is 0.240. The number of phenolic OH excluding ortho intramolecular Hbond substituents is 1. The summed E-state index contributed by atoms with van der Waals surface area (Å²) < 4.78 is 16.9. The van der Waals surface area contributed by atoms with Crippen LogP contribution in [0.3, 0.4) is 0 Å². The van der Waals surface area contributed by atoms with Gasteiger partial charge in [-0.1, -0.05) is 55.3 Å². The van der Waals surface area contributed by atoms with Crippen molar-refractivity contribution < 1.29 is 34.1 Å². The third kappa shape index (κ3) is 7.24. The number of phenols is 1. The summed E-state index contributed by atoms with van der Waals surface area (Å²) >= 11 is 0. The van der Waals surface area contributed by atoms with Crippen LogP contribution in [0.15, 0.2) is 54.6 Å². The maximum atomic E-state index is 13.0. The molecule has 2 aromatic rings. The standard InChI is InChI=1S/C29H38N2O7/c32-22-12-10-21(11-13-22)17-31(38-23-8-4-5-9-23)18-26(33)25(16-20-6-2-1-3-7-20)30-29(34)37-27-19-36-28-24(27)14-15-35-28/h1-3,6-7,10-13,23-28,32-33H,4-5,8-9,14-19H2,(H,30,34). The molecule has 1 saturated carbocycles. The van der Waals surface area contributed by atoms with Crippen LogP contribution in [0.1, 0.15) is 43.2 Å². The molecule has 206 valence electrons. The lowest BCUT2D eigenvalue weighted by atomic mass is 10.0. The molecule has 3 fully saturated rings. The van der Waals surface area contributed by atoms with Gasteiger partial charge >= 0.3 is 6.09 Å². The second-order valence-corrected chi connectivity index (χ2v) is 10.5. The summed E-state index contributed by atoms with van der Waals surface area (Å²) in [5, 5.41) is 25.8. The largest absolute Gasteiger partial charge is 0.508 e. The summed E-state index contributed by atoms with van der Waals surface area (Å²) in [6.45, 7) is 1.55. The number of nitrogens with one attached hydrogen (secondary N) is 1. The number of hydroxylamine groups is 2. The van der Waals surface area contributed by atoms with Crippen LogP contribution in [-0.4, -0.2) is 71.8 Å². The topological polar surface area (TPSA) is 110 Å². The zero-order valence-corrected chi connectivity index (χ0v) is 21.6. The van der Waals surface area contributed by atoms with Crippen molar-refractivity contribution in [2.45, 2.75) is 75.7 Å². The molecule has 0 radical (unpaired) electrons. The first-order valence-corrected chi connectivity index (χ1v) is 13.7. The third-order valence-electron chi connectivity index (χ3n) is 7.60. The number of aliphatic hydroxyl groups is 1. The summed E-state index contributed by atoms with van der Waals surface area (Å²) in [4.78, 5) is 19.3. The molecule has 2 aliphatic heterocycles. The second-order valence-electron chi connectivity index (χ2n) is 10.5. The molecule has 0 bridgehead atoms. The van der Waals surface area contributed by atoms with Crippen LogP contribution in [0, 0.1) is 5.92 Å². The molecule has 38 heavy (non-hydrogen) atoms. The monoisotopic (exact) mass is 526 g/mol. The number of ether oxygens (including phenoxy) is 3. The first kappa shape index (κ1) is 26.9. The summed E-state index contributed by atoms with van der Waals surface area (Å²) in [5.41, 5.74) is 1.95. The van der Waals surface area contributed by atoms with E-state index in [1.165, 1.54) is 0 Å². The van der Waals surface area contributed by atoms with Crippen molar-refractivity contribution in [1.82, 2.24) is 10.4 Å². The van der Waals surface area contributed by atoms with E-state index < -0.39 is 18.2 Å². The lowest BCUT2D eigenvalue weighted by Gasteiger charge is -2.31. The maximum Gasteiger partial charge on any atom is 0.407 e. The second kappa shape index (κ2) is 12.9. The van der Waals surface area contributed by atoms with Crippen LogP contribution >= 0.6 is 0 Å². The molecule has 3 aliphatic rings. The van der Waals surface area contributed by atoms with Gasteiger partial charge in [0.05, 0.1) is 43.9 Å². The van der Waals surface area contributed by atoms with E-state index in [1.807, 2.05) is 42.5 Å². The number of hydrogen-bond acceptors (Lipinski definition) is 8. The highest BCUT2D eigenvalue weighted by Gasteiger charge is 2.44.